The van der Waals surface area contributed by atoms with Gasteiger partial charge in [0, 0.05) is 18.3 Å². The van der Waals surface area contributed by atoms with Gasteiger partial charge in [0.15, 0.2) is 0 Å². The van der Waals surface area contributed by atoms with E-state index in [1.165, 1.54) is 7.11 Å². The van der Waals surface area contributed by atoms with Crippen LogP contribution >= 0.6 is 0 Å². The minimum absolute atomic E-state index is 0.0355. The van der Waals surface area contributed by atoms with E-state index in [-0.39, 0.29) is 18.6 Å². The summed E-state index contributed by atoms with van der Waals surface area (Å²) in [6.07, 6.45) is 6.48. The number of carbonyl (C=O) groups excluding carboxylic acids is 2. The zero-order valence-electron chi connectivity index (χ0n) is 18.3. The molecule has 3 heterocycles. The number of hydrogen-bond donors (Lipinski definition) is 2. The normalized spacial score (nSPS) is 22.4. The number of nitrogens with zero attached hydrogens (tertiary/aromatic N) is 2. The Morgan fingerprint density at radius 1 is 1.34 bits per heavy atom. The smallest absolute Gasteiger partial charge is 0.407 e. The van der Waals surface area contributed by atoms with E-state index < -0.39 is 12.1 Å². The highest BCUT2D eigenvalue weighted by atomic mass is 16.5. The molecule has 1 aromatic carbocycles. The van der Waals surface area contributed by atoms with E-state index in [1.54, 1.807) is 4.90 Å². The summed E-state index contributed by atoms with van der Waals surface area (Å²) in [5.41, 5.74) is 2.74. The standard InChI is InChI=1S/C22H27BN4O5/c1-30-22(29)26-17-13-31-9-2-3-10-32-19-11-14(23)6-7-15(19)16-12-24-20(25-16)18-5-4-8-27(18)21(17)28/h2-3,6-7,11-12,17-18H,4-5,8-10,13,23H2,1H3,(H,24,25)(H,26,29)/b3-2-. The number of methoxy groups -OCH3 is 1. The number of hydrogen-bond acceptors (Lipinski definition) is 6. The molecule has 2 N–H and O–H groups in total. The lowest BCUT2D eigenvalue weighted by atomic mass is 9.94. The lowest BCUT2D eigenvalue weighted by Gasteiger charge is -2.28. The third-order valence-electron chi connectivity index (χ3n) is 5.64. The fraction of sp³-hybridized carbons (Fsp3) is 0.409. The molecule has 1 aromatic heterocycles. The Kier molecular flexibility index (Phi) is 6.79. The Hall–Kier alpha value is -3.27. The first-order chi connectivity index (χ1) is 15.6. The number of rotatable bonds is 1. The van der Waals surface area contributed by atoms with Crippen LogP contribution in [0.15, 0.2) is 36.5 Å². The second kappa shape index (κ2) is 9.91. The number of benzene rings is 1. The monoisotopic (exact) mass is 438 g/mol. The molecule has 10 heteroatoms. The first-order valence-electron chi connectivity index (χ1n) is 10.7. The second-order valence-corrected chi connectivity index (χ2v) is 7.87. The van der Waals surface area contributed by atoms with Gasteiger partial charge < -0.3 is 29.4 Å². The van der Waals surface area contributed by atoms with Crippen molar-refractivity contribution in [2.45, 2.75) is 24.9 Å². The Labute approximate surface area is 187 Å². The van der Waals surface area contributed by atoms with E-state index in [2.05, 4.69) is 10.3 Å². The van der Waals surface area contributed by atoms with Crippen molar-refractivity contribution < 1.29 is 23.8 Å². The molecular formula is C22H27BN4O5. The number of imidazole rings is 1. The molecule has 2 amide bonds. The van der Waals surface area contributed by atoms with E-state index in [0.717, 1.165) is 35.3 Å². The highest BCUT2D eigenvalue weighted by molar-refractivity contribution is 6.32. The predicted molar refractivity (Wildman–Crippen MR) is 121 cm³/mol. The first-order valence-corrected chi connectivity index (χ1v) is 10.7. The molecule has 0 radical (unpaired) electrons. The molecule has 2 bridgehead atoms. The van der Waals surface area contributed by atoms with Crippen LogP contribution in [0.5, 0.6) is 5.75 Å². The summed E-state index contributed by atoms with van der Waals surface area (Å²) in [6, 6.07) is 4.95. The van der Waals surface area contributed by atoms with Gasteiger partial charge in [0.1, 0.15) is 32.1 Å². The van der Waals surface area contributed by atoms with Crippen LogP contribution in [0, 0.1) is 0 Å². The summed E-state index contributed by atoms with van der Waals surface area (Å²) < 4.78 is 16.3. The molecule has 2 aromatic rings. The van der Waals surface area contributed by atoms with Crippen LogP contribution in [0.2, 0.25) is 0 Å². The largest absolute Gasteiger partial charge is 0.489 e. The van der Waals surface area contributed by atoms with Crippen LogP contribution in [0.4, 0.5) is 4.79 Å². The van der Waals surface area contributed by atoms with Gasteiger partial charge in [-0.1, -0.05) is 17.6 Å². The average Bonchev–Trinajstić information content (AvgIpc) is 3.46. The van der Waals surface area contributed by atoms with Gasteiger partial charge in [0.25, 0.3) is 0 Å². The molecule has 0 aliphatic carbocycles. The maximum atomic E-state index is 13.3. The lowest BCUT2D eigenvalue weighted by molar-refractivity contribution is -0.135. The number of alkyl carbamates (subject to hydrolysis) is 1. The topological polar surface area (TPSA) is 106 Å². The molecule has 1 fully saturated rings. The molecule has 4 rings (SSSR count). The Bertz CT molecular complexity index is 1010. The maximum absolute atomic E-state index is 13.3. The third-order valence-corrected chi connectivity index (χ3v) is 5.64. The Balaban J connectivity index is 1.67. The zero-order valence-corrected chi connectivity index (χ0v) is 18.3. The molecular weight excluding hydrogens is 411 g/mol. The number of carbonyl (C=O) groups is 2. The summed E-state index contributed by atoms with van der Waals surface area (Å²) in [5.74, 6) is 1.25. The number of nitrogens with one attached hydrogen (secondary N) is 2. The van der Waals surface area contributed by atoms with Crippen molar-refractivity contribution in [3.63, 3.8) is 0 Å². The Morgan fingerprint density at radius 3 is 3.03 bits per heavy atom. The number of amides is 2. The van der Waals surface area contributed by atoms with Crippen molar-refractivity contribution in [1.82, 2.24) is 20.2 Å². The van der Waals surface area contributed by atoms with Crippen molar-refractivity contribution in [1.29, 1.82) is 0 Å². The van der Waals surface area contributed by atoms with Crippen molar-refractivity contribution in [3.05, 3.63) is 42.4 Å². The van der Waals surface area contributed by atoms with E-state index in [4.69, 9.17) is 19.2 Å². The van der Waals surface area contributed by atoms with E-state index in [0.29, 0.717) is 25.6 Å². The maximum Gasteiger partial charge on any atom is 0.407 e. The third kappa shape index (κ3) is 4.80. The molecule has 2 aliphatic rings. The van der Waals surface area contributed by atoms with E-state index >= 15 is 0 Å². The van der Waals surface area contributed by atoms with Crippen molar-refractivity contribution in [2.24, 2.45) is 0 Å². The van der Waals surface area contributed by atoms with Gasteiger partial charge in [0.2, 0.25) is 5.91 Å². The van der Waals surface area contributed by atoms with E-state index in [1.807, 2.05) is 44.4 Å². The number of aromatic nitrogens is 2. The summed E-state index contributed by atoms with van der Waals surface area (Å²) in [7, 11) is 3.28. The number of ether oxygens (including phenoxy) is 3. The number of aromatic amines is 1. The van der Waals surface area contributed by atoms with Crippen LogP contribution in [0.1, 0.15) is 24.7 Å². The molecule has 168 valence electrons. The summed E-state index contributed by atoms with van der Waals surface area (Å²) in [6.45, 7) is 1.28. The quantitative estimate of drug-likeness (QED) is 0.502. The Morgan fingerprint density at radius 2 is 2.19 bits per heavy atom. The fourth-order valence-electron chi connectivity index (χ4n) is 4.02. The minimum Gasteiger partial charge on any atom is -0.489 e. The van der Waals surface area contributed by atoms with Crippen LogP contribution < -0.4 is 15.5 Å². The van der Waals surface area contributed by atoms with E-state index in [9.17, 15) is 9.59 Å². The molecule has 2 unspecified atom stereocenters. The molecule has 32 heavy (non-hydrogen) atoms. The lowest BCUT2D eigenvalue weighted by Crippen LogP contribution is -2.50. The summed E-state index contributed by atoms with van der Waals surface area (Å²) in [5, 5.41) is 2.60. The molecule has 1 saturated heterocycles. The van der Waals surface area contributed by atoms with Crippen LogP contribution in [0.25, 0.3) is 11.3 Å². The average molecular weight is 438 g/mol. The SMILES string of the molecule is Bc1ccc2c(c1)OC/C=C\COCC(NC(=O)OC)C(=O)N1CCCC1c1nc-2c[nH]1. The highest BCUT2D eigenvalue weighted by Crippen LogP contribution is 2.34. The van der Waals surface area contributed by atoms with Gasteiger partial charge >= 0.3 is 6.09 Å². The van der Waals surface area contributed by atoms with Crippen molar-refractivity contribution in [3.8, 4) is 17.0 Å². The number of fused-ring (bicyclic) bond motifs is 6. The summed E-state index contributed by atoms with van der Waals surface area (Å²) in [4.78, 5) is 34.9. The van der Waals surface area contributed by atoms with Crippen molar-refractivity contribution in [2.75, 3.05) is 33.5 Å². The molecule has 2 aliphatic heterocycles. The zero-order chi connectivity index (χ0) is 22.5. The molecule has 0 saturated carbocycles. The van der Waals surface area contributed by atoms with Gasteiger partial charge in [-0.2, -0.15) is 0 Å². The van der Waals surface area contributed by atoms with Crippen molar-refractivity contribution >= 4 is 25.3 Å². The first kappa shape index (κ1) is 21.9. The summed E-state index contributed by atoms with van der Waals surface area (Å²) >= 11 is 0. The van der Waals surface area contributed by atoms with Gasteiger partial charge in [-0.05, 0) is 31.1 Å². The van der Waals surface area contributed by atoms with Crippen LogP contribution in [-0.4, -0.2) is 74.2 Å². The van der Waals surface area contributed by atoms with Gasteiger partial charge in [-0.15, -0.1) is 0 Å². The van der Waals surface area contributed by atoms with Gasteiger partial charge in [0.05, 0.1) is 32.1 Å². The fourth-order valence-corrected chi connectivity index (χ4v) is 4.02. The minimum atomic E-state index is -0.848. The molecule has 0 spiro atoms. The molecule has 9 nitrogen and oxygen atoms in total. The van der Waals surface area contributed by atoms with Gasteiger partial charge in [-0.25, -0.2) is 9.78 Å². The predicted octanol–water partition coefficient (Wildman–Crippen LogP) is 0.688. The highest BCUT2D eigenvalue weighted by Gasteiger charge is 2.36. The molecule has 2 atom stereocenters. The number of H-pyrrole nitrogens is 1. The van der Waals surface area contributed by atoms with Crippen LogP contribution in [-0.2, 0) is 14.3 Å². The van der Waals surface area contributed by atoms with Crippen LogP contribution in [0.3, 0.4) is 0 Å². The van der Waals surface area contributed by atoms with Gasteiger partial charge in [-0.3, -0.25) is 4.79 Å². The second-order valence-electron chi connectivity index (χ2n) is 7.87.